The molecule has 1 amide bonds. The third-order valence-electron chi connectivity index (χ3n) is 2.05. The second-order valence-electron chi connectivity index (χ2n) is 3.44. The van der Waals surface area contributed by atoms with Gasteiger partial charge in [0.25, 0.3) is 5.69 Å². The molecular formula is C9H10ClN3O6S. The standard InChI is InChI=1S/C9H10ClN3O6S/c10-7-2-1-6(13(15)16)5-8(7)20(17,18)12-3-4-19-9(11)14/h1-2,5,12H,3-4H2,(H2,11,14). The lowest BCUT2D eigenvalue weighted by atomic mass is 10.3. The lowest BCUT2D eigenvalue weighted by Gasteiger charge is -2.08. The Morgan fingerprint density at radius 1 is 1.50 bits per heavy atom. The Morgan fingerprint density at radius 3 is 2.70 bits per heavy atom. The molecule has 9 nitrogen and oxygen atoms in total. The van der Waals surface area contributed by atoms with E-state index in [-0.39, 0.29) is 18.2 Å². The van der Waals surface area contributed by atoms with Crippen molar-refractivity contribution in [2.24, 2.45) is 5.73 Å². The van der Waals surface area contributed by atoms with Crippen LogP contribution in [-0.4, -0.2) is 32.6 Å². The van der Waals surface area contributed by atoms with Crippen LogP contribution in [0.4, 0.5) is 10.5 Å². The normalized spacial score (nSPS) is 11.1. The van der Waals surface area contributed by atoms with Gasteiger partial charge in [-0.3, -0.25) is 10.1 Å². The Labute approximate surface area is 118 Å². The first-order chi connectivity index (χ1) is 9.24. The summed E-state index contributed by atoms with van der Waals surface area (Å²) in [5, 5.41) is 10.4. The summed E-state index contributed by atoms with van der Waals surface area (Å²) in [4.78, 5) is 19.7. The molecule has 0 bridgehead atoms. The Balaban J connectivity index is 2.89. The highest BCUT2D eigenvalue weighted by molar-refractivity contribution is 7.89. The Kier molecular flexibility index (Phi) is 5.25. The summed E-state index contributed by atoms with van der Waals surface area (Å²) in [7, 11) is -4.06. The van der Waals surface area contributed by atoms with Crippen molar-refractivity contribution in [1.82, 2.24) is 4.72 Å². The second-order valence-corrected chi connectivity index (χ2v) is 5.58. The van der Waals surface area contributed by atoms with Crippen molar-refractivity contribution in [2.45, 2.75) is 4.90 Å². The summed E-state index contributed by atoms with van der Waals surface area (Å²) >= 11 is 5.70. The molecule has 0 aliphatic heterocycles. The zero-order valence-corrected chi connectivity index (χ0v) is 11.5. The largest absolute Gasteiger partial charge is 0.448 e. The number of ether oxygens (including phenoxy) is 1. The first-order valence-electron chi connectivity index (χ1n) is 5.10. The maximum atomic E-state index is 11.9. The number of rotatable bonds is 6. The summed E-state index contributed by atoms with van der Waals surface area (Å²) < 4.78 is 30.2. The van der Waals surface area contributed by atoms with Crippen LogP contribution >= 0.6 is 11.6 Å². The van der Waals surface area contributed by atoms with Crippen LogP contribution in [0.2, 0.25) is 5.02 Å². The minimum absolute atomic E-state index is 0.168. The van der Waals surface area contributed by atoms with E-state index >= 15 is 0 Å². The van der Waals surface area contributed by atoms with E-state index in [1.165, 1.54) is 0 Å². The third-order valence-corrected chi connectivity index (χ3v) is 4.00. The Hall–Kier alpha value is -1.91. The number of sulfonamides is 1. The van der Waals surface area contributed by atoms with Crippen LogP contribution in [0.5, 0.6) is 0 Å². The molecule has 1 aromatic carbocycles. The van der Waals surface area contributed by atoms with E-state index < -0.39 is 31.6 Å². The SMILES string of the molecule is NC(=O)OCCNS(=O)(=O)c1cc([N+](=O)[O-])ccc1Cl. The van der Waals surface area contributed by atoms with Crippen molar-refractivity contribution in [3.05, 3.63) is 33.3 Å². The van der Waals surface area contributed by atoms with Gasteiger partial charge in [-0.15, -0.1) is 0 Å². The molecule has 0 heterocycles. The van der Waals surface area contributed by atoms with Gasteiger partial charge in [0.05, 0.1) is 9.95 Å². The van der Waals surface area contributed by atoms with Gasteiger partial charge < -0.3 is 10.5 Å². The van der Waals surface area contributed by atoms with Crippen molar-refractivity contribution in [1.29, 1.82) is 0 Å². The van der Waals surface area contributed by atoms with Gasteiger partial charge >= 0.3 is 6.09 Å². The fraction of sp³-hybridized carbons (Fsp3) is 0.222. The summed E-state index contributed by atoms with van der Waals surface area (Å²) in [6, 6.07) is 3.02. The number of nitro groups is 1. The predicted molar refractivity (Wildman–Crippen MR) is 68.8 cm³/mol. The van der Waals surface area contributed by atoms with E-state index in [2.05, 4.69) is 9.46 Å². The van der Waals surface area contributed by atoms with Crippen LogP contribution in [0.15, 0.2) is 23.1 Å². The first kappa shape index (κ1) is 16.1. The number of nitrogens with zero attached hydrogens (tertiary/aromatic N) is 1. The molecule has 0 atom stereocenters. The molecule has 0 saturated carbocycles. The van der Waals surface area contributed by atoms with E-state index in [1.54, 1.807) is 0 Å². The molecule has 0 saturated heterocycles. The molecule has 3 N–H and O–H groups in total. The summed E-state index contributed by atoms with van der Waals surface area (Å²) in [6.07, 6.45) is -1.04. The van der Waals surface area contributed by atoms with Crippen molar-refractivity contribution in [3.63, 3.8) is 0 Å². The molecule has 1 rings (SSSR count). The van der Waals surface area contributed by atoms with Crippen LogP contribution in [0.3, 0.4) is 0 Å². The maximum absolute atomic E-state index is 11.9. The number of halogens is 1. The number of benzene rings is 1. The molecule has 0 aliphatic carbocycles. The molecule has 1 aromatic rings. The predicted octanol–water partition coefficient (Wildman–Crippen LogP) is 0.622. The molecule has 0 aliphatic rings. The van der Waals surface area contributed by atoms with Crippen LogP contribution in [-0.2, 0) is 14.8 Å². The number of nitrogens with two attached hydrogens (primary N) is 1. The summed E-state index contributed by atoms with van der Waals surface area (Å²) in [5.41, 5.74) is 4.28. The zero-order valence-electron chi connectivity index (χ0n) is 9.91. The summed E-state index contributed by atoms with van der Waals surface area (Å²) in [5.74, 6) is 0. The van der Waals surface area contributed by atoms with Gasteiger partial charge in [0.1, 0.15) is 11.5 Å². The molecular weight excluding hydrogens is 314 g/mol. The monoisotopic (exact) mass is 323 g/mol. The molecule has 0 unspecified atom stereocenters. The molecule has 11 heteroatoms. The smallest absolute Gasteiger partial charge is 0.404 e. The van der Waals surface area contributed by atoms with E-state index in [0.29, 0.717) is 0 Å². The Morgan fingerprint density at radius 2 is 2.15 bits per heavy atom. The fourth-order valence-electron chi connectivity index (χ4n) is 1.22. The average Bonchev–Trinajstić information content (AvgIpc) is 2.34. The number of primary amides is 1. The van der Waals surface area contributed by atoms with Gasteiger partial charge in [0.15, 0.2) is 0 Å². The number of hydrogen-bond donors (Lipinski definition) is 2. The number of nitrogens with one attached hydrogen (secondary N) is 1. The van der Waals surface area contributed by atoms with Crippen LogP contribution < -0.4 is 10.5 Å². The number of nitro benzene ring substituents is 1. The minimum Gasteiger partial charge on any atom is -0.448 e. The third kappa shape index (κ3) is 4.33. The van der Waals surface area contributed by atoms with Gasteiger partial charge in [0.2, 0.25) is 10.0 Å². The quantitative estimate of drug-likeness (QED) is 0.446. The number of amides is 1. The van der Waals surface area contributed by atoms with Gasteiger partial charge in [-0.1, -0.05) is 11.6 Å². The van der Waals surface area contributed by atoms with Crippen LogP contribution in [0.25, 0.3) is 0 Å². The number of carbonyl (C=O) groups is 1. The molecule has 20 heavy (non-hydrogen) atoms. The molecule has 0 radical (unpaired) electrons. The van der Waals surface area contributed by atoms with Crippen molar-refractivity contribution in [2.75, 3.05) is 13.2 Å². The number of carbonyl (C=O) groups excluding carboxylic acids is 1. The van der Waals surface area contributed by atoms with Crippen LogP contribution in [0.1, 0.15) is 0 Å². The second kappa shape index (κ2) is 6.50. The number of non-ortho nitro benzene ring substituents is 1. The molecule has 110 valence electrons. The van der Waals surface area contributed by atoms with Gasteiger partial charge in [-0.25, -0.2) is 17.9 Å². The van der Waals surface area contributed by atoms with E-state index in [0.717, 1.165) is 18.2 Å². The number of hydrogen-bond acceptors (Lipinski definition) is 6. The van der Waals surface area contributed by atoms with Crippen LogP contribution in [0, 0.1) is 10.1 Å². The Bertz CT molecular complexity index is 633. The molecule has 0 spiro atoms. The first-order valence-corrected chi connectivity index (χ1v) is 6.96. The molecule has 0 aromatic heterocycles. The highest BCUT2D eigenvalue weighted by Crippen LogP contribution is 2.25. The lowest BCUT2D eigenvalue weighted by molar-refractivity contribution is -0.385. The summed E-state index contributed by atoms with van der Waals surface area (Å²) in [6.45, 7) is -0.522. The van der Waals surface area contributed by atoms with E-state index in [1.807, 2.05) is 0 Å². The van der Waals surface area contributed by atoms with E-state index in [9.17, 15) is 23.3 Å². The van der Waals surface area contributed by atoms with E-state index in [4.69, 9.17) is 17.3 Å². The van der Waals surface area contributed by atoms with Gasteiger partial charge in [-0.05, 0) is 6.07 Å². The maximum Gasteiger partial charge on any atom is 0.404 e. The van der Waals surface area contributed by atoms with Crippen molar-refractivity contribution in [3.8, 4) is 0 Å². The highest BCUT2D eigenvalue weighted by Gasteiger charge is 2.21. The average molecular weight is 324 g/mol. The van der Waals surface area contributed by atoms with Crippen molar-refractivity contribution < 1.29 is 22.9 Å². The minimum atomic E-state index is -4.06. The van der Waals surface area contributed by atoms with Gasteiger partial charge in [0, 0.05) is 18.7 Å². The van der Waals surface area contributed by atoms with Crippen molar-refractivity contribution >= 4 is 33.4 Å². The fourth-order valence-corrected chi connectivity index (χ4v) is 2.75. The zero-order chi connectivity index (χ0) is 15.3. The van der Waals surface area contributed by atoms with Gasteiger partial charge in [-0.2, -0.15) is 0 Å². The topological polar surface area (TPSA) is 142 Å². The lowest BCUT2D eigenvalue weighted by Crippen LogP contribution is -2.29. The highest BCUT2D eigenvalue weighted by atomic mass is 35.5. The molecule has 0 fully saturated rings.